The monoisotopic (exact) mass is 294 g/mol. The van der Waals surface area contributed by atoms with Crippen LogP contribution in [0.5, 0.6) is 0 Å². The van der Waals surface area contributed by atoms with E-state index in [-0.39, 0.29) is 12.0 Å². The highest BCUT2D eigenvalue weighted by Crippen LogP contribution is 2.38. The largest absolute Gasteiger partial charge is 0.423 e. The van der Waals surface area contributed by atoms with Crippen LogP contribution in [0, 0.1) is 0 Å². The Morgan fingerprint density at radius 1 is 0.900 bits per heavy atom. The van der Waals surface area contributed by atoms with Gasteiger partial charge in [0.15, 0.2) is 0 Å². The molecule has 1 unspecified atom stereocenters. The molecule has 0 heterocycles. The van der Waals surface area contributed by atoms with Crippen LogP contribution in [0.1, 0.15) is 64.2 Å². The van der Waals surface area contributed by atoms with E-state index in [9.17, 15) is 18.3 Å². The summed E-state index contributed by atoms with van der Waals surface area (Å²) in [6.07, 6.45) is 5.21. The Balaban J connectivity index is 2.83. The van der Waals surface area contributed by atoms with Crippen LogP contribution in [-0.2, 0) is 0 Å². The standard InChI is InChI=1S/C15H25F3O2/c16-15(17,18)14(20,12-19)13-10-8-6-4-2-1-3-5-7-9-11-13/h10,19-20H,1-9,11-12H2/b13-10+. The number of alkyl halides is 3. The second-order valence-corrected chi connectivity index (χ2v) is 5.61. The molecule has 2 N–H and O–H groups in total. The molecule has 20 heavy (non-hydrogen) atoms. The lowest BCUT2D eigenvalue weighted by Crippen LogP contribution is -2.50. The molecule has 0 fully saturated rings. The van der Waals surface area contributed by atoms with E-state index >= 15 is 0 Å². The molecule has 0 saturated heterocycles. The number of aliphatic hydroxyl groups excluding tert-OH is 1. The summed E-state index contributed by atoms with van der Waals surface area (Å²) in [6.45, 7) is -1.30. The van der Waals surface area contributed by atoms with Crippen molar-refractivity contribution in [2.45, 2.75) is 76.0 Å². The van der Waals surface area contributed by atoms with Gasteiger partial charge in [0.25, 0.3) is 0 Å². The van der Waals surface area contributed by atoms with E-state index in [1.54, 1.807) is 0 Å². The van der Waals surface area contributed by atoms with Gasteiger partial charge in [0.05, 0.1) is 6.61 Å². The van der Waals surface area contributed by atoms with E-state index in [2.05, 4.69) is 0 Å². The maximum Gasteiger partial charge on any atom is 0.423 e. The van der Waals surface area contributed by atoms with E-state index in [0.717, 1.165) is 38.5 Å². The zero-order valence-electron chi connectivity index (χ0n) is 11.9. The Bertz CT molecular complexity index is 313. The predicted octanol–water partition coefficient (Wildman–Crippen LogP) is 4.11. The topological polar surface area (TPSA) is 40.5 Å². The molecule has 5 heteroatoms. The third-order valence-electron chi connectivity index (χ3n) is 4.02. The molecule has 2 nitrogen and oxygen atoms in total. The van der Waals surface area contributed by atoms with Crippen LogP contribution in [-0.4, -0.2) is 28.6 Å². The lowest BCUT2D eigenvalue weighted by molar-refractivity contribution is -0.255. The van der Waals surface area contributed by atoms with Gasteiger partial charge in [0.1, 0.15) is 0 Å². The minimum absolute atomic E-state index is 0.0620. The fourth-order valence-corrected chi connectivity index (χ4v) is 2.65. The van der Waals surface area contributed by atoms with Gasteiger partial charge in [-0.3, -0.25) is 0 Å². The van der Waals surface area contributed by atoms with Crippen LogP contribution in [0.4, 0.5) is 13.2 Å². The molecule has 0 saturated carbocycles. The normalized spacial score (nSPS) is 25.8. The summed E-state index contributed by atoms with van der Waals surface area (Å²) in [4.78, 5) is 0. The molecule has 0 aromatic heterocycles. The quantitative estimate of drug-likeness (QED) is 0.752. The molecule has 1 rings (SSSR count). The van der Waals surface area contributed by atoms with Crippen LogP contribution < -0.4 is 0 Å². The molecule has 118 valence electrons. The molecule has 0 spiro atoms. The van der Waals surface area contributed by atoms with Crippen LogP contribution in [0.15, 0.2) is 11.6 Å². The van der Waals surface area contributed by atoms with Gasteiger partial charge in [-0.25, -0.2) is 0 Å². The Labute approximate surface area is 118 Å². The molecule has 0 bridgehead atoms. The van der Waals surface area contributed by atoms with Gasteiger partial charge in [-0.05, 0) is 31.3 Å². The zero-order chi connectivity index (χ0) is 15.1. The summed E-state index contributed by atoms with van der Waals surface area (Å²) < 4.78 is 39.0. The minimum atomic E-state index is -4.83. The smallest absolute Gasteiger partial charge is 0.393 e. The van der Waals surface area contributed by atoms with Gasteiger partial charge >= 0.3 is 6.18 Å². The molecule has 0 aromatic rings. The summed E-state index contributed by atoms with van der Waals surface area (Å²) in [6, 6.07) is 0. The second kappa shape index (κ2) is 8.03. The van der Waals surface area contributed by atoms with Crippen molar-refractivity contribution in [3.8, 4) is 0 Å². The maximum atomic E-state index is 13.0. The summed E-state index contributed by atoms with van der Waals surface area (Å²) in [5.74, 6) is 0. The van der Waals surface area contributed by atoms with Crippen molar-refractivity contribution < 1.29 is 23.4 Å². The van der Waals surface area contributed by atoms with Crippen molar-refractivity contribution in [3.05, 3.63) is 11.6 Å². The van der Waals surface area contributed by atoms with Gasteiger partial charge in [0.2, 0.25) is 5.60 Å². The van der Waals surface area contributed by atoms with E-state index in [4.69, 9.17) is 5.11 Å². The molecule has 1 aliphatic rings. The van der Waals surface area contributed by atoms with Crippen molar-refractivity contribution in [1.82, 2.24) is 0 Å². The molecule has 0 aromatic carbocycles. The third-order valence-corrected chi connectivity index (χ3v) is 4.02. The summed E-state index contributed by atoms with van der Waals surface area (Å²) >= 11 is 0. The SMILES string of the molecule is OCC(O)(/C1=C/CCCCCCCCCC1)C(F)(F)F. The fourth-order valence-electron chi connectivity index (χ4n) is 2.65. The second-order valence-electron chi connectivity index (χ2n) is 5.61. The van der Waals surface area contributed by atoms with Crippen molar-refractivity contribution in [3.63, 3.8) is 0 Å². The molecular weight excluding hydrogens is 269 g/mol. The van der Waals surface area contributed by atoms with Gasteiger partial charge < -0.3 is 10.2 Å². The first-order chi connectivity index (χ1) is 9.42. The van der Waals surface area contributed by atoms with E-state index in [1.165, 1.54) is 12.5 Å². The Morgan fingerprint density at radius 2 is 1.40 bits per heavy atom. The molecule has 0 amide bonds. The number of allylic oxidation sites excluding steroid dienone is 1. The van der Waals surface area contributed by atoms with Crippen LogP contribution >= 0.6 is 0 Å². The first-order valence-electron chi connectivity index (χ1n) is 7.51. The Kier molecular flexibility index (Phi) is 7.03. The van der Waals surface area contributed by atoms with Crippen molar-refractivity contribution in [2.24, 2.45) is 0 Å². The minimum Gasteiger partial charge on any atom is -0.393 e. The molecule has 1 aliphatic carbocycles. The van der Waals surface area contributed by atoms with E-state index in [1.807, 2.05) is 0 Å². The lowest BCUT2D eigenvalue weighted by atomic mass is 9.87. The Hall–Kier alpha value is -0.550. The number of halogens is 3. The first-order valence-corrected chi connectivity index (χ1v) is 7.51. The summed E-state index contributed by atoms with van der Waals surface area (Å²) in [5.41, 5.74) is -3.13. The van der Waals surface area contributed by atoms with Crippen molar-refractivity contribution >= 4 is 0 Å². The van der Waals surface area contributed by atoms with Crippen molar-refractivity contribution in [1.29, 1.82) is 0 Å². The highest BCUT2D eigenvalue weighted by atomic mass is 19.4. The molecule has 0 radical (unpaired) electrons. The van der Waals surface area contributed by atoms with E-state index in [0.29, 0.717) is 12.8 Å². The molecular formula is C15H25F3O2. The number of hydrogen-bond donors (Lipinski definition) is 2. The fraction of sp³-hybridized carbons (Fsp3) is 0.867. The molecule has 1 atom stereocenters. The highest BCUT2D eigenvalue weighted by Gasteiger charge is 2.55. The van der Waals surface area contributed by atoms with Crippen LogP contribution in [0.3, 0.4) is 0 Å². The zero-order valence-corrected chi connectivity index (χ0v) is 11.9. The Morgan fingerprint density at radius 3 is 1.90 bits per heavy atom. The van der Waals surface area contributed by atoms with Crippen LogP contribution in [0.25, 0.3) is 0 Å². The van der Waals surface area contributed by atoms with Gasteiger partial charge in [0, 0.05) is 0 Å². The number of hydrogen-bond acceptors (Lipinski definition) is 2. The van der Waals surface area contributed by atoms with Gasteiger partial charge in [-0.15, -0.1) is 0 Å². The number of rotatable bonds is 2. The summed E-state index contributed by atoms with van der Waals surface area (Å²) in [7, 11) is 0. The third kappa shape index (κ3) is 4.77. The average Bonchev–Trinajstić information content (AvgIpc) is 2.37. The van der Waals surface area contributed by atoms with Crippen molar-refractivity contribution in [2.75, 3.05) is 6.61 Å². The highest BCUT2D eigenvalue weighted by molar-refractivity contribution is 5.20. The first kappa shape index (κ1) is 17.5. The van der Waals surface area contributed by atoms with Gasteiger partial charge in [-0.2, -0.15) is 13.2 Å². The summed E-state index contributed by atoms with van der Waals surface area (Å²) in [5, 5.41) is 18.9. The maximum absolute atomic E-state index is 13.0. The predicted molar refractivity (Wildman–Crippen MR) is 72.3 cm³/mol. The molecule has 0 aliphatic heterocycles. The average molecular weight is 294 g/mol. The van der Waals surface area contributed by atoms with Gasteiger partial charge in [-0.1, -0.05) is 44.6 Å². The lowest BCUT2D eigenvalue weighted by Gasteiger charge is -2.31. The van der Waals surface area contributed by atoms with E-state index < -0.39 is 18.4 Å². The number of aliphatic hydroxyl groups is 2. The van der Waals surface area contributed by atoms with Crippen LogP contribution in [0.2, 0.25) is 0 Å².